The molecule has 0 radical (unpaired) electrons. The quantitative estimate of drug-likeness (QED) is 0.897. The van der Waals surface area contributed by atoms with Gasteiger partial charge in [-0.25, -0.2) is 13.1 Å². The van der Waals surface area contributed by atoms with Gasteiger partial charge in [0.05, 0.1) is 24.3 Å². The Bertz CT molecular complexity index is 876. The average Bonchev–Trinajstić information content (AvgIpc) is 2.88. The summed E-state index contributed by atoms with van der Waals surface area (Å²) in [6, 6.07) is 4.72. The highest BCUT2D eigenvalue weighted by Gasteiger charge is 2.20. The van der Waals surface area contributed by atoms with Crippen molar-refractivity contribution in [2.24, 2.45) is 0 Å². The maximum absolute atomic E-state index is 12.6. The SMILES string of the molecule is O=S(=O)(NCc1cnn2c1CCCC2)c1ccc2c(c1)OCCCO2. The van der Waals surface area contributed by atoms with E-state index in [1.54, 1.807) is 18.3 Å². The summed E-state index contributed by atoms with van der Waals surface area (Å²) in [5.74, 6) is 1.06. The molecular formula is C17H21N3O4S. The molecule has 3 heterocycles. The minimum Gasteiger partial charge on any atom is -0.490 e. The van der Waals surface area contributed by atoms with Crippen molar-refractivity contribution >= 4 is 10.0 Å². The summed E-state index contributed by atoms with van der Waals surface area (Å²) < 4.78 is 41.0. The van der Waals surface area contributed by atoms with Crippen LogP contribution >= 0.6 is 0 Å². The molecule has 0 unspecified atom stereocenters. The molecule has 0 bridgehead atoms. The van der Waals surface area contributed by atoms with E-state index in [0.717, 1.165) is 43.5 Å². The van der Waals surface area contributed by atoms with Gasteiger partial charge in [-0.05, 0) is 31.4 Å². The van der Waals surface area contributed by atoms with Gasteiger partial charge in [-0.3, -0.25) is 4.68 Å². The minimum absolute atomic E-state index is 0.179. The number of fused-ring (bicyclic) bond motifs is 2. The van der Waals surface area contributed by atoms with Gasteiger partial charge in [0.15, 0.2) is 11.5 Å². The third-order valence-electron chi connectivity index (χ3n) is 4.55. The first-order valence-corrected chi connectivity index (χ1v) is 10.0. The molecule has 4 rings (SSSR count). The van der Waals surface area contributed by atoms with Crippen molar-refractivity contribution in [1.82, 2.24) is 14.5 Å². The van der Waals surface area contributed by atoms with Crippen molar-refractivity contribution in [1.29, 1.82) is 0 Å². The smallest absolute Gasteiger partial charge is 0.241 e. The van der Waals surface area contributed by atoms with E-state index in [0.29, 0.717) is 24.7 Å². The fourth-order valence-electron chi connectivity index (χ4n) is 3.20. The molecule has 25 heavy (non-hydrogen) atoms. The van der Waals surface area contributed by atoms with E-state index in [4.69, 9.17) is 9.47 Å². The number of benzene rings is 1. The maximum atomic E-state index is 12.6. The lowest BCUT2D eigenvalue weighted by molar-refractivity contribution is 0.297. The summed E-state index contributed by atoms with van der Waals surface area (Å²) in [5, 5.41) is 4.34. The number of nitrogens with one attached hydrogen (secondary N) is 1. The summed E-state index contributed by atoms with van der Waals surface area (Å²) in [7, 11) is -3.63. The van der Waals surface area contributed by atoms with E-state index in [9.17, 15) is 8.42 Å². The van der Waals surface area contributed by atoms with Crippen LogP contribution in [-0.2, 0) is 29.5 Å². The van der Waals surface area contributed by atoms with E-state index in [2.05, 4.69) is 9.82 Å². The molecule has 1 N–H and O–H groups in total. The van der Waals surface area contributed by atoms with Gasteiger partial charge in [-0.15, -0.1) is 0 Å². The highest BCUT2D eigenvalue weighted by molar-refractivity contribution is 7.89. The second-order valence-electron chi connectivity index (χ2n) is 6.28. The number of aromatic nitrogens is 2. The summed E-state index contributed by atoms with van der Waals surface area (Å²) in [4.78, 5) is 0.179. The highest BCUT2D eigenvalue weighted by Crippen LogP contribution is 2.32. The number of sulfonamides is 1. The molecule has 1 aromatic heterocycles. The Morgan fingerprint density at radius 1 is 1.12 bits per heavy atom. The lowest BCUT2D eigenvalue weighted by Crippen LogP contribution is -2.24. The third-order valence-corrected chi connectivity index (χ3v) is 5.95. The zero-order valence-electron chi connectivity index (χ0n) is 13.9. The van der Waals surface area contributed by atoms with Crippen LogP contribution in [0.2, 0.25) is 0 Å². The monoisotopic (exact) mass is 363 g/mol. The van der Waals surface area contributed by atoms with Crippen LogP contribution in [0.15, 0.2) is 29.3 Å². The van der Waals surface area contributed by atoms with Crippen LogP contribution in [0.25, 0.3) is 0 Å². The van der Waals surface area contributed by atoms with Crippen LogP contribution < -0.4 is 14.2 Å². The maximum Gasteiger partial charge on any atom is 0.241 e. The molecule has 0 spiro atoms. The van der Waals surface area contributed by atoms with Crippen molar-refractivity contribution in [3.05, 3.63) is 35.7 Å². The molecular weight excluding hydrogens is 342 g/mol. The molecule has 2 aromatic rings. The molecule has 0 aliphatic carbocycles. The van der Waals surface area contributed by atoms with Gasteiger partial charge < -0.3 is 9.47 Å². The molecule has 0 saturated carbocycles. The Kier molecular flexibility index (Phi) is 4.39. The van der Waals surface area contributed by atoms with E-state index in [1.807, 2.05) is 4.68 Å². The van der Waals surface area contributed by atoms with Gasteiger partial charge in [0, 0.05) is 36.8 Å². The molecule has 0 fully saturated rings. The lowest BCUT2D eigenvalue weighted by Gasteiger charge is -2.15. The van der Waals surface area contributed by atoms with Crippen LogP contribution in [0.4, 0.5) is 0 Å². The van der Waals surface area contributed by atoms with Gasteiger partial charge in [0.1, 0.15) is 0 Å². The Morgan fingerprint density at radius 3 is 2.84 bits per heavy atom. The van der Waals surface area contributed by atoms with Crippen molar-refractivity contribution < 1.29 is 17.9 Å². The molecule has 8 heteroatoms. The molecule has 1 aromatic carbocycles. The second kappa shape index (κ2) is 6.68. The molecule has 0 saturated heterocycles. The summed E-state index contributed by atoms with van der Waals surface area (Å²) in [6.07, 6.45) is 5.73. The second-order valence-corrected chi connectivity index (χ2v) is 8.05. The first-order valence-electron chi connectivity index (χ1n) is 8.56. The molecule has 2 aliphatic heterocycles. The van der Waals surface area contributed by atoms with Crippen LogP contribution in [0, 0.1) is 0 Å². The normalized spacial score (nSPS) is 17.0. The van der Waals surface area contributed by atoms with Gasteiger partial charge in [-0.1, -0.05) is 0 Å². The first-order chi connectivity index (χ1) is 12.1. The van der Waals surface area contributed by atoms with Crippen molar-refractivity contribution in [2.75, 3.05) is 13.2 Å². The Morgan fingerprint density at radius 2 is 1.96 bits per heavy atom. The molecule has 0 amide bonds. The van der Waals surface area contributed by atoms with E-state index in [-0.39, 0.29) is 11.4 Å². The predicted molar refractivity (Wildman–Crippen MR) is 91.2 cm³/mol. The van der Waals surface area contributed by atoms with Crippen LogP contribution in [0.5, 0.6) is 11.5 Å². The fourth-order valence-corrected chi connectivity index (χ4v) is 4.22. The van der Waals surface area contributed by atoms with Crippen molar-refractivity contribution in [3.8, 4) is 11.5 Å². The molecule has 0 atom stereocenters. The number of nitrogens with zero attached hydrogens (tertiary/aromatic N) is 2. The Hall–Kier alpha value is -2.06. The predicted octanol–water partition coefficient (Wildman–Crippen LogP) is 1.86. The number of ether oxygens (including phenoxy) is 2. The van der Waals surface area contributed by atoms with E-state index in [1.165, 1.54) is 6.07 Å². The third kappa shape index (κ3) is 3.36. The van der Waals surface area contributed by atoms with Gasteiger partial charge >= 0.3 is 0 Å². The first kappa shape index (κ1) is 16.4. The van der Waals surface area contributed by atoms with Crippen molar-refractivity contribution in [2.45, 2.75) is 43.7 Å². The zero-order valence-corrected chi connectivity index (χ0v) is 14.7. The van der Waals surface area contributed by atoms with Crippen LogP contribution in [0.3, 0.4) is 0 Å². The summed E-state index contributed by atoms with van der Waals surface area (Å²) in [6.45, 7) is 2.24. The average molecular weight is 363 g/mol. The standard InChI is InChI=1S/C17H21N3O4S/c21-25(22,14-5-6-16-17(10-14)24-9-3-8-23-16)19-12-13-11-18-20-7-2-1-4-15(13)20/h5-6,10-11,19H,1-4,7-9,12H2. The number of rotatable bonds is 4. The van der Waals surface area contributed by atoms with Crippen LogP contribution in [-0.4, -0.2) is 31.4 Å². The van der Waals surface area contributed by atoms with Crippen molar-refractivity contribution in [3.63, 3.8) is 0 Å². The van der Waals surface area contributed by atoms with Gasteiger partial charge in [-0.2, -0.15) is 5.10 Å². The summed E-state index contributed by atoms with van der Waals surface area (Å²) in [5.41, 5.74) is 2.07. The van der Waals surface area contributed by atoms with Gasteiger partial charge in [0.2, 0.25) is 10.0 Å². The largest absolute Gasteiger partial charge is 0.490 e. The number of hydrogen-bond donors (Lipinski definition) is 1. The lowest BCUT2D eigenvalue weighted by atomic mass is 10.1. The molecule has 134 valence electrons. The Balaban J connectivity index is 1.52. The van der Waals surface area contributed by atoms with Gasteiger partial charge in [0.25, 0.3) is 0 Å². The Labute approximate surface area is 147 Å². The minimum atomic E-state index is -3.63. The summed E-state index contributed by atoms with van der Waals surface area (Å²) >= 11 is 0. The zero-order chi connectivity index (χ0) is 17.3. The molecule has 2 aliphatic rings. The van der Waals surface area contributed by atoms with E-state index < -0.39 is 10.0 Å². The topological polar surface area (TPSA) is 82.5 Å². The highest BCUT2D eigenvalue weighted by atomic mass is 32.2. The van der Waals surface area contributed by atoms with Crippen LogP contribution in [0.1, 0.15) is 30.5 Å². The number of hydrogen-bond acceptors (Lipinski definition) is 5. The molecule has 7 nitrogen and oxygen atoms in total. The number of aryl methyl sites for hydroxylation is 1. The van der Waals surface area contributed by atoms with E-state index >= 15 is 0 Å². The fraction of sp³-hybridized carbons (Fsp3) is 0.471.